The third kappa shape index (κ3) is 8.09. The van der Waals surface area contributed by atoms with Gasteiger partial charge in [0.15, 0.2) is 6.79 Å². The van der Waals surface area contributed by atoms with Crippen LogP contribution in [-0.4, -0.2) is 58.7 Å². The highest BCUT2D eigenvalue weighted by Crippen LogP contribution is 2.33. The minimum absolute atomic E-state index is 0.0469. The minimum atomic E-state index is -2.87. The van der Waals surface area contributed by atoms with Crippen molar-refractivity contribution < 1.29 is 51.5 Å². The second-order valence-electron chi connectivity index (χ2n) is 10.0. The van der Waals surface area contributed by atoms with Crippen LogP contribution in [0.25, 0.3) is 0 Å². The lowest BCUT2D eigenvalue weighted by molar-refractivity contribution is -0.162. The smallest absolute Gasteiger partial charge is 0.343 e. The minimum Gasteiger partial charge on any atom is -0.491 e. The zero-order chi connectivity index (χ0) is 29.4. The van der Waals surface area contributed by atoms with Crippen LogP contribution in [0.3, 0.4) is 0 Å². The highest BCUT2D eigenvalue weighted by molar-refractivity contribution is 5.91. The first-order valence-corrected chi connectivity index (χ1v) is 13.6. The van der Waals surface area contributed by atoms with Crippen LogP contribution in [0, 0.1) is 5.41 Å². The van der Waals surface area contributed by atoms with Gasteiger partial charge in [0.2, 0.25) is 6.79 Å². The summed E-state index contributed by atoms with van der Waals surface area (Å²) in [4.78, 5) is 12.6. The van der Waals surface area contributed by atoms with Crippen molar-refractivity contribution in [3.05, 3.63) is 77.9 Å². The van der Waals surface area contributed by atoms with Gasteiger partial charge >= 0.3 is 5.97 Å². The van der Waals surface area contributed by atoms with Crippen LogP contribution in [-0.2, 0) is 14.2 Å². The Morgan fingerprint density at radius 3 is 2.10 bits per heavy atom. The van der Waals surface area contributed by atoms with Crippen LogP contribution < -0.4 is 23.7 Å². The topological polar surface area (TPSA) is 94.2 Å². The predicted molar refractivity (Wildman–Crippen MR) is 146 cm³/mol. The first-order chi connectivity index (χ1) is 20.4. The summed E-state index contributed by atoms with van der Waals surface area (Å²) in [6.07, 6.45) is -1.75. The predicted octanol–water partition coefficient (Wildman–Crippen LogP) is 5.82. The standard InChI is InChI=1S/C31H32F2O9/c1-2-31(16-35-17-31)18-36-19-39-23-5-3-21(4-6-23)30(34)42-25-11-12-28(27(13-25)29(32)33)41-20-40-24-9-7-22(8-10-24)37-14-26-15-38-26/h3-13,26,29H,2,14-20H2,1H3. The number of carbonyl (C=O) groups excluding carboxylic acids is 1. The summed E-state index contributed by atoms with van der Waals surface area (Å²) in [5, 5.41) is 0. The Kier molecular flexibility index (Phi) is 9.73. The van der Waals surface area contributed by atoms with E-state index in [1.54, 1.807) is 36.4 Å². The number of esters is 1. The Bertz CT molecular complexity index is 1300. The van der Waals surface area contributed by atoms with E-state index in [1.165, 1.54) is 24.3 Å². The van der Waals surface area contributed by atoms with Gasteiger partial charge in [-0.2, -0.15) is 0 Å². The van der Waals surface area contributed by atoms with Crippen molar-refractivity contribution in [2.24, 2.45) is 5.41 Å². The van der Waals surface area contributed by atoms with E-state index >= 15 is 0 Å². The molecule has 0 radical (unpaired) electrons. The number of benzene rings is 3. The van der Waals surface area contributed by atoms with Crippen LogP contribution in [0.5, 0.6) is 28.7 Å². The highest BCUT2D eigenvalue weighted by Gasteiger charge is 2.37. The molecule has 2 aliphatic heterocycles. The van der Waals surface area contributed by atoms with Crippen LogP contribution in [0.15, 0.2) is 66.7 Å². The van der Waals surface area contributed by atoms with Crippen LogP contribution in [0.2, 0.25) is 0 Å². The van der Waals surface area contributed by atoms with Crippen molar-refractivity contribution in [3.63, 3.8) is 0 Å². The maximum atomic E-state index is 13.8. The fourth-order valence-corrected chi connectivity index (χ4v) is 4.04. The van der Waals surface area contributed by atoms with Gasteiger partial charge < -0.3 is 37.9 Å². The molecule has 3 aromatic carbocycles. The number of hydrogen-bond donors (Lipinski definition) is 0. The molecule has 0 spiro atoms. The zero-order valence-corrected chi connectivity index (χ0v) is 23.1. The molecule has 0 aromatic heterocycles. The first kappa shape index (κ1) is 29.6. The molecule has 0 N–H and O–H groups in total. The van der Waals surface area contributed by atoms with E-state index in [2.05, 4.69) is 6.92 Å². The number of ether oxygens (including phenoxy) is 8. The van der Waals surface area contributed by atoms with Gasteiger partial charge in [-0.3, -0.25) is 0 Å². The third-order valence-corrected chi connectivity index (χ3v) is 6.90. The summed E-state index contributed by atoms with van der Waals surface area (Å²) in [6.45, 7) is 4.98. The number of hydrogen-bond acceptors (Lipinski definition) is 9. The fraction of sp³-hybridized carbons (Fsp3) is 0.387. The summed E-state index contributed by atoms with van der Waals surface area (Å²) in [6, 6.07) is 16.8. The lowest BCUT2D eigenvalue weighted by atomic mass is 9.84. The van der Waals surface area contributed by atoms with Crippen molar-refractivity contribution in [1.82, 2.24) is 0 Å². The molecule has 2 aliphatic rings. The van der Waals surface area contributed by atoms with Gasteiger partial charge in [-0.25, -0.2) is 13.6 Å². The van der Waals surface area contributed by atoms with Crippen LogP contribution in [0.4, 0.5) is 8.78 Å². The Balaban J connectivity index is 1.08. The van der Waals surface area contributed by atoms with E-state index in [4.69, 9.17) is 37.9 Å². The maximum Gasteiger partial charge on any atom is 0.343 e. The highest BCUT2D eigenvalue weighted by atomic mass is 19.3. The second kappa shape index (κ2) is 13.8. The molecule has 0 bridgehead atoms. The number of halogens is 2. The van der Waals surface area contributed by atoms with Gasteiger partial charge in [0.05, 0.1) is 37.6 Å². The third-order valence-electron chi connectivity index (χ3n) is 6.90. The molecule has 0 amide bonds. The second-order valence-corrected chi connectivity index (χ2v) is 10.0. The largest absolute Gasteiger partial charge is 0.491 e. The van der Waals surface area contributed by atoms with Crippen molar-refractivity contribution in [2.75, 3.05) is 46.6 Å². The summed E-state index contributed by atoms with van der Waals surface area (Å²) >= 11 is 0. The molecular weight excluding hydrogens is 554 g/mol. The van der Waals surface area contributed by atoms with Gasteiger partial charge in [-0.05, 0) is 73.2 Å². The molecule has 3 aromatic rings. The molecule has 0 aliphatic carbocycles. The zero-order valence-electron chi connectivity index (χ0n) is 23.1. The van der Waals surface area contributed by atoms with Crippen LogP contribution >= 0.6 is 0 Å². The van der Waals surface area contributed by atoms with Gasteiger partial charge in [-0.1, -0.05) is 6.92 Å². The Morgan fingerprint density at radius 2 is 1.50 bits per heavy atom. The van der Waals surface area contributed by atoms with E-state index < -0.39 is 18.0 Å². The van der Waals surface area contributed by atoms with Gasteiger partial charge in [0.1, 0.15) is 41.5 Å². The Hall–Kier alpha value is -3.93. The van der Waals surface area contributed by atoms with Gasteiger partial charge in [0, 0.05) is 5.41 Å². The van der Waals surface area contributed by atoms with Crippen LogP contribution in [0.1, 0.15) is 35.7 Å². The number of alkyl halides is 2. The van der Waals surface area contributed by atoms with E-state index in [0.717, 1.165) is 12.5 Å². The molecule has 224 valence electrons. The molecule has 9 nitrogen and oxygen atoms in total. The molecule has 2 heterocycles. The Morgan fingerprint density at radius 1 is 0.881 bits per heavy atom. The number of rotatable bonds is 16. The van der Waals surface area contributed by atoms with Crippen molar-refractivity contribution in [2.45, 2.75) is 25.9 Å². The maximum absolute atomic E-state index is 13.8. The van der Waals surface area contributed by atoms with Crippen molar-refractivity contribution in [1.29, 1.82) is 0 Å². The number of carbonyl (C=O) groups is 1. The summed E-state index contributed by atoms with van der Waals surface area (Å²) < 4.78 is 70.9. The molecule has 42 heavy (non-hydrogen) atoms. The van der Waals surface area contributed by atoms with E-state index in [-0.39, 0.29) is 42.2 Å². The molecule has 2 saturated heterocycles. The average molecular weight is 587 g/mol. The van der Waals surface area contributed by atoms with E-state index in [0.29, 0.717) is 50.3 Å². The summed E-state index contributed by atoms with van der Waals surface area (Å²) in [5.74, 6) is 0.813. The molecule has 5 rings (SSSR count). The lowest BCUT2D eigenvalue weighted by Gasteiger charge is -2.40. The van der Waals surface area contributed by atoms with Crippen molar-refractivity contribution in [3.8, 4) is 28.7 Å². The quantitative estimate of drug-likeness (QED) is 0.0677. The molecule has 0 saturated carbocycles. The van der Waals surface area contributed by atoms with E-state index in [9.17, 15) is 13.6 Å². The summed E-state index contributed by atoms with van der Waals surface area (Å²) in [5.41, 5.74) is -0.144. The summed E-state index contributed by atoms with van der Waals surface area (Å²) in [7, 11) is 0. The normalized spacial score (nSPS) is 16.8. The molecule has 1 unspecified atom stereocenters. The van der Waals surface area contributed by atoms with Crippen molar-refractivity contribution >= 4 is 5.97 Å². The fourth-order valence-electron chi connectivity index (χ4n) is 4.04. The SMILES string of the molecule is CCC1(COCOc2ccc(C(=O)Oc3ccc(OCOc4ccc(OCC5CO5)cc4)c(C(F)F)c3)cc2)COC1. The molecule has 11 heteroatoms. The monoisotopic (exact) mass is 586 g/mol. The molecule has 2 fully saturated rings. The van der Waals surface area contributed by atoms with E-state index in [1.807, 2.05) is 0 Å². The lowest BCUT2D eigenvalue weighted by Crippen LogP contribution is -2.45. The van der Waals surface area contributed by atoms with Gasteiger partial charge in [0.25, 0.3) is 6.43 Å². The number of epoxide rings is 1. The van der Waals surface area contributed by atoms with Gasteiger partial charge in [-0.15, -0.1) is 0 Å². The Labute approximate surface area is 242 Å². The molecular formula is C31H32F2O9. The average Bonchev–Trinajstić information content (AvgIpc) is 3.81. The molecule has 1 atom stereocenters. The first-order valence-electron chi connectivity index (χ1n) is 13.6.